The monoisotopic (exact) mass is 160 g/mol. The summed E-state index contributed by atoms with van der Waals surface area (Å²) in [5.41, 5.74) is 0. The minimum absolute atomic E-state index is 0. The quantitative estimate of drug-likeness (QED) is 0.395. The van der Waals surface area contributed by atoms with Gasteiger partial charge in [-0.25, -0.2) is 0 Å². The predicted octanol–water partition coefficient (Wildman–Crippen LogP) is -3.82. The molecule has 4 heteroatoms. The maximum atomic E-state index is 10.3. The molecule has 0 aliphatic carbocycles. The minimum Gasteiger partial charge on any atom is -0.582 e. The van der Waals surface area contributed by atoms with Crippen LogP contribution in [0.3, 0.4) is 0 Å². The summed E-state index contributed by atoms with van der Waals surface area (Å²) in [5.74, 6) is 0. The van der Waals surface area contributed by atoms with E-state index >= 15 is 0 Å². The SMILES string of the molecule is O=[Si]([O-])c1ccccc1.[Na+]. The molecule has 0 atom stereocenters. The molecule has 10 heavy (non-hydrogen) atoms. The van der Waals surface area contributed by atoms with Gasteiger partial charge in [-0.3, -0.25) is 0 Å². The zero-order valence-corrected chi connectivity index (χ0v) is 8.70. The van der Waals surface area contributed by atoms with Crippen molar-refractivity contribution in [2.45, 2.75) is 0 Å². The number of benzene rings is 1. The summed E-state index contributed by atoms with van der Waals surface area (Å²) < 4.78 is 10.3. The molecule has 0 aliphatic rings. The van der Waals surface area contributed by atoms with Crippen LogP contribution in [0.5, 0.6) is 0 Å². The zero-order chi connectivity index (χ0) is 6.69. The van der Waals surface area contributed by atoms with E-state index in [1.54, 1.807) is 30.3 Å². The van der Waals surface area contributed by atoms with Crippen molar-refractivity contribution in [2.24, 2.45) is 0 Å². The first-order valence-corrected chi connectivity index (χ1v) is 3.89. The van der Waals surface area contributed by atoms with Crippen LogP contribution in [0.2, 0.25) is 0 Å². The van der Waals surface area contributed by atoms with E-state index in [-0.39, 0.29) is 29.6 Å². The van der Waals surface area contributed by atoms with Crippen LogP contribution >= 0.6 is 0 Å². The van der Waals surface area contributed by atoms with Gasteiger partial charge in [0.15, 0.2) is 8.93 Å². The Balaban J connectivity index is 0.000000810. The maximum Gasteiger partial charge on any atom is 1.00 e. The third-order valence-corrected chi connectivity index (χ3v) is 1.81. The Morgan fingerprint density at radius 2 is 1.70 bits per heavy atom. The van der Waals surface area contributed by atoms with Crippen molar-refractivity contribution >= 4 is 14.1 Å². The summed E-state index contributed by atoms with van der Waals surface area (Å²) in [7, 11) is -2.71. The minimum atomic E-state index is -2.71. The largest absolute Gasteiger partial charge is 1.00 e. The van der Waals surface area contributed by atoms with Gasteiger partial charge < -0.3 is 9.26 Å². The molecule has 0 saturated heterocycles. The fourth-order valence-corrected chi connectivity index (χ4v) is 1.04. The van der Waals surface area contributed by atoms with Crippen molar-refractivity contribution in [3.63, 3.8) is 0 Å². The Hall–Kier alpha value is 0.0369. The Kier molecular flexibility index (Phi) is 4.81. The van der Waals surface area contributed by atoms with Crippen molar-refractivity contribution in [1.82, 2.24) is 0 Å². The van der Waals surface area contributed by atoms with Gasteiger partial charge in [0.25, 0.3) is 0 Å². The summed E-state index contributed by atoms with van der Waals surface area (Å²) in [5, 5.41) is 0.405. The van der Waals surface area contributed by atoms with Crippen LogP contribution in [0.15, 0.2) is 30.3 Å². The molecule has 0 aromatic heterocycles. The van der Waals surface area contributed by atoms with Crippen molar-refractivity contribution in [1.29, 1.82) is 0 Å². The van der Waals surface area contributed by atoms with Crippen LogP contribution in [-0.2, 0) is 4.46 Å². The van der Waals surface area contributed by atoms with Gasteiger partial charge in [-0.15, -0.1) is 0 Å². The van der Waals surface area contributed by atoms with E-state index in [9.17, 15) is 9.26 Å². The zero-order valence-electron chi connectivity index (χ0n) is 5.70. The number of rotatable bonds is 1. The molecule has 0 bridgehead atoms. The molecule has 2 nitrogen and oxygen atoms in total. The predicted molar refractivity (Wildman–Crippen MR) is 32.5 cm³/mol. The topological polar surface area (TPSA) is 40.1 Å². The van der Waals surface area contributed by atoms with Gasteiger partial charge in [0.2, 0.25) is 0 Å². The van der Waals surface area contributed by atoms with Gasteiger partial charge in [-0.05, 0) is 5.19 Å². The second kappa shape index (κ2) is 4.79. The van der Waals surface area contributed by atoms with Crippen LogP contribution < -0.4 is 39.5 Å². The molecule has 0 aliphatic heterocycles. The van der Waals surface area contributed by atoms with E-state index in [2.05, 4.69) is 0 Å². The third kappa shape index (κ3) is 2.75. The second-order valence-corrected chi connectivity index (χ2v) is 2.81. The van der Waals surface area contributed by atoms with Crippen molar-refractivity contribution < 1.29 is 38.8 Å². The normalized spacial score (nSPS) is 8.00. The Bertz CT molecular complexity index is 212. The standard InChI is InChI=1S/C6H5O2Si.Na/c7-9(8)6-4-2-1-3-5-6;/h1-5H;/q-1;+1. The van der Waals surface area contributed by atoms with Gasteiger partial charge in [0, 0.05) is 0 Å². The van der Waals surface area contributed by atoms with Crippen LogP contribution in [0.25, 0.3) is 0 Å². The summed E-state index contributed by atoms with van der Waals surface area (Å²) in [6.07, 6.45) is 0. The summed E-state index contributed by atoms with van der Waals surface area (Å²) in [6, 6.07) is 8.35. The maximum absolute atomic E-state index is 10.3. The Morgan fingerprint density at radius 1 is 1.20 bits per heavy atom. The number of hydrogen-bond donors (Lipinski definition) is 0. The molecule has 46 valence electrons. The van der Waals surface area contributed by atoms with Gasteiger partial charge >= 0.3 is 29.6 Å². The van der Waals surface area contributed by atoms with Crippen molar-refractivity contribution in [2.75, 3.05) is 0 Å². The van der Waals surface area contributed by atoms with E-state index in [1.807, 2.05) is 0 Å². The molecule has 1 rings (SSSR count). The summed E-state index contributed by atoms with van der Waals surface area (Å²) in [6.45, 7) is 0. The molecule has 0 saturated carbocycles. The van der Waals surface area contributed by atoms with Crippen LogP contribution in [-0.4, -0.2) is 8.93 Å². The fourth-order valence-electron chi connectivity index (χ4n) is 0.574. The molecule has 1 aromatic carbocycles. The molecule has 0 radical (unpaired) electrons. The van der Waals surface area contributed by atoms with Gasteiger partial charge in [-0.1, -0.05) is 30.3 Å². The molecule has 0 heterocycles. The molecule has 0 fully saturated rings. The number of hydrogen-bond acceptors (Lipinski definition) is 2. The molecule has 0 N–H and O–H groups in total. The van der Waals surface area contributed by atoms with E-state index in [4.69, 9.17) is 0 Å². The van der Waals surface area contributed by atoms with E-state index < -0.39 is 8.93 Å². The average molecular weight is 160 g/mol. The van der Waals surface area contributed by atoms with Crippen LogP contribution in [0.1, 0.15) is 0 Å². The molecule has 0 unspecified atom stereocenters. The Morgan fingerprint density at radius 3 is 2.00 bits per heavy atom. The molecular weight excluding hydrogens is 155 g/mol. The first kappa shape index (κ1) is 10.0. The molecule has 0 amide bonds. The molecule has 1 aromatic rings. The van der Waals surface area contributed by atoms with Crippen molar-refractivity contribution in [3.05, 3.63) is 30.3 Å². The first-order valence-electron chi connectivity index (χ1n) is 2.57. The van der Waals surface area contributed by atoms with Crippen LogP contribution in [0.4, 0.5) is 0 Å². The Labute approximate surface area is 83.0 Å². The second-order valence-electron chi connectivity index (χ2n) is 1.65. The summed E-state index contributed by atoms with van der Waals surface area (Å²) in [4.78, 5) is 10.3. The molecular formula is C6H5NaO2Si. The van der Waals surface area contributed by atoms with E-state index in [0.29, 0.717) is 5.19 Å². The first-order chi connectivity index (χ1) is 4.30. The van der Waals surface area contributed by atoms with E-state index in [0.717, 1.165) is 0 Å². The molecule has 0 spiro atoms. The van der Waals surface area contributed by atoms with E-state index in [1.165, 1.54) is 0 Å². The van der Waals surface area contributed by atoms with Gasteiger partial charge in [-0.2, -0.15) is 0 Å². The van der Waals surface area contributed by atoms with Gasteiger partial charge in [0.1, 0.15) is 0 Å². The summed E-state index contributed by atoms with van der Waals surface area (Å²) >= 11 is 0. The van der Waals surface area contributed by atoms with Gasteiger partial charge in [0.05, 0.1) is 0 Å². The third-order valence-electron chi connectivity index (χ3n) is 1.01. The average Bonchev–Trinajstić information content (AvgIpc) is 1.90. The van der Waals surface area contributed by atoms with Crippen LogP contribution in [0, 0.1) is 0 Å². The fraction of sp³-hybridized carbons (Fsp3) is 0. The van der Waals surface area contributed by atoms with Crippen molar-refractivity contribution in [3.8, 4) is 0 Å². The smallest absolute Gasteiger partial charge is 0.582 e.